The molecule has 0 atom stereocenters. The molecule has 0 aromatic heterocycles. The minimum atomic E-state index is -0.757. The monoisotopic (exact) mass is 272 g/mol. The molecule has 0 fully saturated rings. The van der Waals surface area contributed by atoms with Crippen molar-refractivity contribution in [3.63, 3.8) is 0 Å². The van der Waals surface area contributed by atoms with E-state index in [-0.39, 0.29) is 6.61 Å². The van der Waals surface area contributed by atoms with Gasteiger partial charge in [-0.15, -0.1) is 0 Å². The standard InChI is InChI=1S/C12H12.C5H8O3/c1-2-3-4-6-9-12-10-7-5-8-11-12;1-3-8-5(7)4(2)6/h2-11H,1H2;6H,2-3H2,1H3. The van der Waals surface area contributed by atoms with E-state index < -0.39 is 11.7 Å². The van der Waals surface area contributed by atoms with Crippen LogP contribution in [0, 0.1) is 0 Å². The summed E-state index contributed by atoms with van der Waals surface area (Å²) in [5.41, 5.74) is 1.21. The highest BCUT2D eigenvalue weighted by Gasteiger charge is 2.01. The maximum Gasteiger partial charge on any atom is 0.372 e. The fourth-order valence-corrected chi connectivity index (χ4v) is 1.09. The summed E-state index contributed by atoms with van der Waals surface area (Å²) >= 11 is 0. The van der Waals surface area contributed by atoms with Gasteiger partial charge in [0.15, 0.2) is 5.76 Å². The van der Waals surface area contributed by atoms with Gasteiger partial charge < -0.3 is 9.84 Å². The van der Waals surface area contributed by atoms with E-state index in [2.05, 4.69) is 36.1 Å². The van der Waals surface area contributed by atoms with Crippen molar-refractivity contribution < 1.29 is 14.6 Å². The van der Waals surface area contributed by atoms with E-state index in [9.17, 15) is 4.79 Å². The van der Waals surface area contributed by atoms with Crippen molar-refractivity contribution in [1.82, 2.24) is 0 Å². The highest BCUT2D eigenvalue weighted by atomic mass is 16.5. The number of hydrogen-bond acceptors (Lipinski definition) is 3. The fourth-order valence-electron chi connectivity index (χ4n) is 1.09. The number of hydrogen-bond donors (Lipinski definition) is 1. The van der Waals surface area contributed by atoms with E-state index in [0.717, 1.165) is 0 Å². The molecular formula is C17H20O3. The summed E-state index contributed by atoms with van der Waals surface area (Å²) in [5.74, 6) is -1.31. The summed E-state index contributed by atoms with van der Waals surface area (Å²) in [6.45, 7) is 8.46. The van der Waals surface area contributed by atoms with Crippen LogP contribution in [0.5, 0.6) is 0 Å². The molecule has 20 heavy (non-hydrogen) atoms. The van der Waals surface area contributed by atoms with Crippen LogP contribution in [0.15, 0.2) is 73.6 Å². The molecule has 3 nitrogen and oxygen atoms in total. The first-order valence-electron chi connectivity index (χ1n) is 6.17. The molecule has 106 valence electrons. The number of carbonyl (C=O) groups is 1. The molecule has 0 aliphatic carbocycles. The lowest BCUT2D eigenvalue weighted by molar-refractivity contribution is -0.141. The Balaban J connectivity index is 0.000000396. The first kappa shape index (κ1) is 17.5. The second-order valence-corrected chi connectivity index (χ2v) is 3.56. The third-order valence-electron chi connectivity index (χ3n) is 1.96. The normalized spacial score (nSPS) is 9.85. The lowest BCUT2D eigenvalue weighted by Gasteiger charge is -1.95. The lowest BCUT2D eigenvalue weighted by atomic mass is 10.2. The largest absolute Gasteiger partial charge is 0.502 e. The van der Waals surface area contributed by atoms with E-state index in [1.807, 2.05) is 36.4 Å². The molecule has 0 heterocycles. The zero-order valence-corrected chi connectivity index (χ0v) is 11.7. The molecular weight excluding hydrogens is 252 g/mol. The van der Waals surface area contributed by atoms with Crippen LogP contribution in [-0.4, -0.2) is 17.7 Å². The Morgan fingerprint density at radius 1 is 1.25 bits per heavy atom. The van der Waals surface area contributed by atoms with Crippen LogP contribution in [-0.2, 0) is 9.53 Å². The Morgan fingerprint density at radius 2 is 1.90 bits per heavy atom. The van der Waals surface area contributed by atoms with Gasteiger partial charge in [-0.2, -0.15) is 0 Å². The molecule has 0 saturated carbocycles. The summed E-state index contributed by atoms with van der Waals surface area (Å²) < 4.78 is 4.31. The maximum absolute atomic E-state index is 10.2. The third kappa shape index (κ3) is 9.48. The molecule has 0 spiro atoms. The number of esters is 1. The minimum Gasteiger partial charge on any atom is -0.502 e. The van der Waals surface area contributed by atoms with Crippen LogP contribution in [0.1, 0.15) is 12.5 Å². The van der Waals surface area contributed by atoms with Gasteiger partial charge in [-0.3, -0.25) is 0 Å². The summed E-state index contributed by atoms with van der Waals surface area (Å²) in [7, 11) is 0. The summed E-state index contributed by atoms with van der Waals surface area (Å²) in [4.78, 5) is 10.2. The number of ether oxygens (including phenoxy) is 1. The molecule has 0 aliphatic heterocycles. The summed E-state index contributed by atoms with van der Waals surface area (Å²) in [6.07, 6.45) is 9.67. The van der Waals surface area contributed by atoms with Crippen molar-refractivity contribution in [2.75, 3.05) is 6.61 Å². The Kier molecular flexibility index (Phi) is 10.1. The van der Waals surface area contributed by atoms with E-state index >= 15 is 0 Å². The van der Waals surface area contributed by atoms with Crippen molar-refractivity contribution >= 4 is 12.0 Å². The molecule has 0 bridgehead atoms. The molecule has 1 rings (SSSR count). The summed E-state index contributed by atoms with van der Waals surface area (Å²) in [6, 6.07) is 10.2. The van der Waals surface area contributed by atoms with Crippen LogP contribution in [0.4, 0.5) is 0 Å². The Hall–Kier alpha value is -2.55. The Bertz CT molecular complexity index is 470. The zero-order chi connectivity index (χ0) is 15.2. The molecule has 3 heteroatoms. The number of aliphatic hydroxyl groups excluding tert-OH is 1. The van der Waals surface area contributed by atoms with Crippen molar-refractivity contribution in [2.24, 2.45) is 0 Å². The minimum absolute atomic E-state index is 0.262. The average molecular weight is 272 g/mol. The molecule has 0 saturated heterocycles. The number of carbonyl (C=O) groups excluding carboxylic acids is 1. The highest BCUT2D eigenvalue weighted by molar-refractivity contribution is 5.84. The number of benzene rings is 1. The average Bonchev–Trinajstić information content (AvgIpc) is 2.46. The van der Waals surface area contributed by atoms with Crippen molar-refractivity contribution in [1.29, 1.82) is 0 Å². The highest BCUT2D eigenvalue weighted by Crippen LogP contribution is 2.00. The molecule has 0 radical (unpaired) electrons. The van der Waals surface area contributed by atoms with Gasteiger partial charge in [0.1, 0.15) is 0 Å². The Labute approximate surface area is 120 Å². The van der Waals surface area contributed by atoms with E-state index in [4.69, 9.17) is 5.11 Å². The van der Waals surface area contributed by atoms with E-state index in [1.54, 1.807) is 13.0 Å². The SMILES string of the molecule is C=C(O)C(=O)OCC.C=CC=CC=Cc1ccccc1. The molecule has 1 N–H and O–H groups in total. The third-order valence-corrected chi connectivity index (χ3v) is 1.96. The fraction of sp³-hybridized carbons (Fsp3) is 0.118. The number of allylic oxidation sites excluding steroid dienone is 4. The topological polar surface area (TPSA) is 46.5 Å². The van der Waals surface area contributed by atoms with Gasteiger partial charge in [0.05, 0.1) is 6.61 Å². The van der Waals surface area contributed by atoms with Gasteiger partial charge in [0, 0.05) is 0 Å². The smallest absolute Gasteiger partial charge is 0.372 e. The molecule has 1 aromatic rings. The van der Waals surface area contributed by atoms with Crippen LogP contribution < -0.4 is 0 Å². The van der Waals surface area contributed by atoms with Crippen molar-refractivity contribution in [3.8, 4) is 0 Å². The van der Waals surface area contributed by atoms with Crippen LogP contribution in [0.2, 0.25) is 0 Å². The van der Waals surface area contributed by atoms with Gasteiger partial charge in [-0.25, -0.2) is 4.79 Å². The molecule has 0 aliphatic rings. The first-order valence-corrected chi connectivity index (χ1v) is 6.17. The summed E-state index contributed by atoms with van der Waals surface area (Å²) in [5, 5.41) is 8.28. The van der Waals surface area contributed by atoms with Gasteiger partial charge in [0.25, 0.3) is 0 Å². The maximum atomic E-state index is 10.2. The quantitative estimate of drug-likeness (QED) is 0.380. The van der Waals surface area contributed by atoms with Gasteiger partial charge in [-0.05, 0) is 19.1 Å². The van der Waals surface area contributed by atoms with E-state index in [0.29, 0.717) is 0 Å². The molecule has 1 aromatic carbocycles. The van der Waals surface area contributed by atoms with Crippen molar-refractivity contribution in [3.05, 3.63) is 79.1 Å². The van der Waals surface area contributed by atoms with Crippen LogP contribution in [0.3, 0.4) is 0 Å². The Morgan fingerprint density at radius 3 is 2.35 bits per heavy atom. The van der Waals surface area contributed by atoms with E-state index in [1.165, 1.54) is 5.56 Å². The molecule has 0 amide bonds. The van der Waals surface area contributed by atoms with Crippen LogP contribution >= 0.6 is 0 Å². The first-order chi connectivity index (χ1) is 9.61. The van der Waals surface area contributed by atoms with Gasteiger partial charge in [-0.1, -0.05) is 67.3 Å². The number of rotatable bonds is 5. The second-order valence-electron chi connectivity index (χ2n) is 3.56. The van der Waals surface area contributed by atoms with Gasteiger partial charge in [0.2, 0.25) is 0 Å². The predicted octanol–water partition coefficient (Wildman–Crippen LogP) is 4.06. The second kappa shape index (κ2) is 11.5. The number of aliphatic hydroxyl groups is 1. The van der Waals surface area contributed by atoms with Crippen molar-refractivity contribution in [2.45, 2.75) is 6.92 Å². The lowest BCUT2D eigenvalue weighted by Crippen LogP contribution is -2.05. The predicted molar refractivity (Wildman–Crippen MR) is 83.2 cm³/mol. The van der Waals surface area contributed by atoms with Gasteiger partial charge >= 0.3 is 5.97 Å². The molecule has 0 unspecified atom stereocenters. The zero-order valence-electron chi connectivity index (χ0n) is 11.7. The van der Waals surface area contributed by atoms with Crippen LogP contribution in [0.25, 0.3) is 6.08 Å².